The van der Waals surface area contributed by atoms with Crippen molar-refractivity contribution in [3.63, 3.8) is 0 Å². The van der Waals surface area contributed by atoms with Crippen LogP contribution in [0, 0.1) is 0 Å². The van der Waals surface area contributed by atoms with Gasteiger partial charge in [-0.15, -0.1) is 0 Å². The van der Waals surface area contributed by atoms with Crippen molar-refractivity contribution in [2.24, 2.45) is 0 Å². The van der Waals surface area contributed by atoms with Crippen molar-refractivity contribution in [1.29, 1.82) is 0 Å². The molecule has 9 heteroatoms. The maximum atomic E-state index is 13.0. The highest BCUT2D eigenvalue weighted by atomic mass is 32.2. The summed E-state index contributed by atoms with van der Waals surface area (Å²) in [6.45, 7) is 1.60. The number of hydrogen-bond donors (Lipinski definition) is 3. The molecule has 0 bridgehead atoms. The fourth-order valence-corrected chi connectivity index (χ4v) is 4.62. The van der Waals surface area contributed by atoms with Gasteiger partial charge in [0, 0.05) is 36.5 Å². The Kier molecular flexibility index (Phi) is 5.81. The van der Waals surface area contributed by atoms with Gasteiger partial charge < -0.3 is 25.4 Å². The first-order valence-corrected chi connectivity index (χ1v) is 12.2. The van der Waals surface area contributed by atoms with E-state index < -0.39 is 9.84 Å². The van der Waals surface area contributed by atoms with E-state index >= 15 is 0 Å². The molecule has 31 heavy (non-hydrogen) atoms. The van der Waals surface area contributed by atoms with E-state index in [1.165, 1.54) is 12.7 Å². The number of anilines is 2. The average Bonchev–Trinajstić information content (AvgIpc) is 3.33. The van der Waals surface area contributed by atoms with Gasteiger partial charge in [-0.25, -0.2) is 8.42 Å². The number of para-hydroxylation sites is 1. The van der Waals surface area contributed by atoms with Crippen molar-refractivity contribution in [2.45, 2.75) is 17.9 Å². The van der Waals surface area contributed by atoms with Crippen LogP contribution >= 0.6 is 0 Å². The number of carbonyl (C=O) groups is 1. The summed E-state index contributed by atoms with van der Waals surface area (Å²) in [7, 11) is -1.59. The van der Waals surface area contributed by atoms with Crippen molar-refractivity contribution in [3.05, 3.63) is 48.0 Å². The Morgan fingerprint density at radius 2 is 2.03 bits per heavy atom. The third kappa shape index (κ3) is 4.62. The van der Waals surface area contributed by atoms with Crippen molar-refractivity contribution >= 4 is 27.1 Å². The number of ether oxygens (including phenoxy) is 2. The Labute approximate surface area is 182 Å². The van der Waals surface area contributed by atoms with E-state index in [9.17, 15) is 13.2 Å². The predicted octanol–water partition coefficient (Wildman–Crippen LogP) is 1.78. The van der Waals surface area contributed by atoms with E-state index in [2.05, 4.69) is 28.1 Å². The first kappa shape index (κ1) is 21.5. The van der Waals surface area contributed by atoms with Crippen molar-refractivity contribution in [1.82, 2.24) is 5.32 Å². The first-order valence-electron chi connectivity index (χ1n) is 10.2. The van der Waals surface area contributed by atoms with E-state index in [4.69, 9.17) is 9.47 Å². The van der Waals surface area contributed by atoms with Crippen LogP contribution in [-0.2, 0) is 20.0 Å². The lowest BCUT2D eigenvalue weighted by Crippen LogP contribution is -2.35. The fraction of sp³-hybridized carbons (Fsp3) is 0.409. The summed E-state index contributed by atoms with van der Waals surface area (Å²) in [6, 6.07) is 12.9. The van der Waals surface area contributed by atoms with E-state index in [0.717, 1.165) is 25.0 Å². The van der Waals surface area contributed by atoms with Crippen molar-refractivity contribution < 1.29 is 22.7 Å². The second-order valence-corrected chi connectivity index (χ2v) is 10.4. The maximum Gasteiger partial charge on any atom is 0.241 e. The molecule has 2 heterocycles. The van der Waals surface area contributed by atoms with Gasteiger partial charge in [0.05, 0.1) is 24.6 Å². The molecular formula is C22H27N3O5S. The average molecular weight is 446 g/mol. The molecule has 1 amide bonds. The normalized spacial score (nSPS) is 22.1. The minimum atomic E-state index is -3.10. The Morgan fingerprint density at radius 3 is 2.81 bits per heavy atom. The lowest BCUT2D eigenvalue weighted by Gasteiger charge is -2.22. The van der Waals surface area contributed by atoms with Crippen LogP contribution in [0.4, 0.5) is 11.4 Å². The molecule has 2 aromatic rings. The monoisotopic (exact) mass is 445 g/mol. The minimum absolute atomic E-state index is 0.0529. The van der Waals surface area contributed by atoms with Crippen LogP contribution in [0.2, 0.25) is 0 Å². The van der Waals surface area contributed by atoms with Crippen LogP contribution < -0.4 is 25.4 Å². The molecule has 3 N–H and O–H groups in total. The number of rotatable bonds is 7. The minimum Gasteiger partial charge on any atom is -0.494 e. The van der Waals surface area contributed by atoms with Crippen LogP contribution in [0.1, 0.15) is 12.0 Å². The topological polar surface area (TPSA) is 106 Å². The smallest absolute Gasteiger partial charge is 0.241 e. The molecule has 4 rings (SSSR count). The Balaban J connectivity index is 1.41. The zero-order chi connectivity index (χ0) is 22.1. The molecule has 8 nitrogen and oxygen atoms in total. The van der Waals surface area contributed by atoms with Gasteiger partial charge >= 0.3 is 0 Å². The Bertz CT molecular complexity index is 1090. The second kappa shape index (κ2) is 8.39. The highest BCUT2D eigenvalue weighted by molar-refractivity contribution is 7.90. The Hall–Kier alpha value is -2.78. The summed E-state index contributed by atoms with van der Waals surface area (Å²) in [5.74, 6) is 0.738. The van der Waals surface area contributed by atoms with Gasteiger partial charge in [-0.2, -0.15) is 0 Å². The molecule has 2 aliphatic heterocycles. The standard InChI is InChI=1S/C22H27N3O5S/c1-29-20-11-15(30-9-10-31(2,27)28)7-8-18(20)25-21(26)19-12-22(14-24-19)13-23-17-6-4-3-5-16(17)22/h3-8,11,19,23-24H,9-10,12-14H2,1-2H3,(H,25,26). The molecule has 0 saturated carbocycles. The molecule has 2 unspecified atom stereocenters. The summed E-state index contributed by atoms with van der Waals surface area (Å²) in [6.07, 6.45) is 1.87. The molecular weight excluding hydrogens is 418 g/mol. The summed E-state index contributed by atoms with van der Waals surface area (Å²) in [5, 5.41) is 9.76. The highest BCUT2D eigenvalue weighted by Gasteiger charge is 2.46. The first-order chi connectivity index (χ1) is 14.8. The molecule has 2 atom stereocenters. The SMILES string of the molecule is COc1cc(OCCS(C)(=O)=O)ccc1NC(=O)C1CC2(CNc3ccccc32)CN1. The van der Waals surface area contributed by atoms with Gasteiger partial charge in [0.25, 0.3) is 0 Å². The molecule has 0 aromatic heterocycles. The van der Waals surface area contributed by atoms with Gasteiger partial charge in [0.1, 0.15) is 18.1 Å². The fourth-order valence-electron chi connectivity index (χ4n) is 4.23. The summed E-state index contributed by atoms with van der Waals surface area (Å²) < 4.78 is 33.4. The van der Waals surface area contributed by atoms with Gasteiger partial charge in [0.2, 0.25) is 5.91 Å². The van der Waals surface area contributed by atoms with E-state index in [1.807, 2.05) is 12.1 Å². The number of carbonyl (C=O) groups excluding carboxylic acids is 1. The highest BCUT2D eigenvalue weighted by Crippen LogP contribution is 2.42. The maximum absolute atomic E-state index is 13.0. The largest absolute Gasteiger partial charge is 0.494 e. The number of methoxy groups -OCH3 is 1. The third-order valence-corrected chi connectivity index (χ3v) is 6.78. The van der Waals surface area contributed by atoms with Crippen LogP contribution in [0.25, 0.3) is 0 Å². The van der Waals surface area contributed by atoms with Crippen LogP contribution in [0.3, 0.4) is 0 Å². The number of benzene rings is 2. The van der Waals surface area contributed by atoms with Gasteiger partial charge in [-0.3, -0.25) is 4.79 Å². The summed E-state index contributed by atoms with van der Waals surface area (Å²) in [5.41, 5.74) is 2.85. The summed E-state index contributed by atoms with van der Waals surface area (Å²) >= 11 is 0. The quantitative estimate of drug-likeness (QED) is 0.597. The van der Waals surface area contributed by atoms with E-state index in [0.29, 0.717) is 23.6 Å². The van der Waals surface area contributed by atoms with E-state index in [1.54, 1.807) is 18.2 Å². The number of sulfone groups is 1. The van der Waals surface area contributed by atoms with Crippen LogP contribution in [0.15, 0.2) is 42.5 Å². The Morgan fingerprint density at radius 1 is 1.23 bits per heavy atom. The predicted molar refractivity (Wildman–Crippen MR) is 120 cm³/mol. The van der Waals surface area contributed by atoms with Crippen LogP contribution in [-0.4, -0.2) is 59.2 Å². The van der Waals surface area contributed by atoms with Crippen molar-refractivity contribution in [2.75, 3.05) is 49.4 Å². The zero-order valence-electron chi connectivity index (χ0n) is 17.6. The lowest BCUT2D eigenvalue weighted by molar-refractivity contribution is -0.117. The summed E-state index contributed by atoms with van der Waals surface area (Å²) in [4.78, 5) is 13.0. The lowest BCUT2D eigenvalue weighted by atomic mass is 9.80. The molecule has 0 radical (unpaired) electrons. The molecule has 1 fully saturated rings. The number of fused-ring (bicyclic) bond motifs is 2. The third-order valence-electron chi connectivity index (χ3n) is 5.87. The van der Waals surface area contributed by atoms with Gasteiger partial charge in [-0.1, -0.05) is 18.2 Å². The molecule has 2 aliphatic rings. The molecule has 1 saturated heterocycles. The van der Waals surface area contributed by atoms with Crippen LogP contribution in [0.5, 0.6) is 11.5 Å². The second-order valence-electron chi connectivity index (χ2n) is 8.15. The van der Waals surface area contributed by atoms with Crippen molar-refractivity contribution in [3.8, 4) is 11.5 Å². The van der Waals surface area contributed by atoms with Gasteiger partial charge in [-0.05, 0) is 30.2 Å². The molecule has 0 aliphatic carbocycles. The van der Waals surface area contributed by atoms with Gasteiger partial charge in [0.15, 0.2) is 9.84 Å². The molecule has 1 spiro atoms. The number of nitrogens with one attached hydrogen (secondary N) is 3. The number of amides is 1. The molecule has 2 aromatic carbocycles. The zero-order valence-corrected chi connectivity index (χ0v) is 18.4. The van der Waals surface area contributed by atoms with E-state index in [-0.39, 0.29) is 29.7 Å². The number of hydrogen-bond acceptors (Lipinski definition) is 7. The molecule has 166 valence electrons.